The van der Waals surface area contributed by atoms with Gasteiger partial charge in [-0.3, -0.25) is 14.9 Å². The van der Waals surface area contributed by atoms with Crippen molar-refractivity contribution in [1.29, 1.82) is 0 Å². The summed E-state index contributed by atoms with van der Waals surface area (Å²) >= 11 is 0. The second-order valence-corrected chi connectivity index (χ2v) is 9.29. The van der Waals surface area contributed by atoms with Crippen molar-refractivity contribution in [3.8, 4) is 0 Å². The first-order valence-corrected chi connectivity index (χ1v) is 14.1. The number of nitrogens with one attached hydrogen (secondary N) is 1. The highest BCUT2D eigenvalue weighted by Crippen LogP contribution is 2.20. The van der Waals surface area contributed by atoms with Crippen molar-refractivity contribution in [2.75, 3.05) is 72.7 Å². The summed E-state index contributed by atoms with van der Waals surface area (Å²) in [5.74, 6) is -0.647. The third-order valence-electron chi connectivity index (χ3n) is 6.12. The molecule has 0 spiro atoms. The molecule has 0 radical (unpaired) electrons. The van der Waals surface area contributed by atoms with Crippen LogP contribution in [0.2, 0.25) is 0 Å². The molecule has 3 rings (SSSR count). The minimum absolute atomic E-state index is 0.0111. The molecule has 0 aliphatic carbocycles. The SMILES string of the molecule is O=C(N[C@H](CO)[C@H](O)c1ccc([N+](=O)[O-])cc1)c1cn(CCOCCOCCOCCOCCOCCn2ccnc2)nn1. The molecule has 44 heavy (non-hydrogen) atoms. The zero-order valence-corrected chi connectivity index (χ0v) is 24.3. The monoisotopic (exact) mass is 621 g/mol. The lowest BCUT2D eigenvalue weighted by Gasteiger charge is -2.22. The number of rotatable bonds is 24. The van der Waals surface area contributed by atoms with Crippen molar-refractivity contribution >= 4 is 11.6 Å². The number of ether oxygens (including phenoxy) is 5. The molecule has 0 unspecified atom stereocenters. The Bertz CT molecular complexity index is 1210. The lowest BCUT2D eigenvalue weighted by atomic mass is 10.0. The van der Waals surface area contributed by atoms with Crippen LogP contribution in [0, 0.1) is 10.1 Å². The average molecular weight is 622 g/mol. The Kier molecular flexibility index (Phi) is 15.9. The Hall–Kier alpha value is -3.84. The number of carbonyl (C=O) groups is 1. The minimum atomic E-state index is -1.30. The Balaban J connectivity index is 1.16. The molecule has 2 aromatic heterocycles. The van der Waals surface area contributed by atoms with Crippen LogP contribution >= 0.6 is 0 Å². The fourth-order valence-electron chi connectivity index (χ4n) is 3.73. The number of aliphatic hydroxyl groups is 2. The first-order valence-electron chi connectivity index (χ1n) is 14.1. The van der Waals surface area contributed by atoms with E-state index < -0.39 is 29.6 Å². The molecule has 242 valence electrons. The fraction of sp³-hybridized carbons (Fsp3) is 0.556. The Labute approximate surface area is 253 Å². The second kappa shape index (κ2) is 20.2. The summed E-state index contributed by atoms with van der Waals surface area (Å²) in [5, 5.41) is 41.2. The third-order valence-corrected chi connectivity index (χ3v) is 6.12. The van der Waals surface area contributed by atoms with Gasteiger partial charge in [0.25, 0.3) is 11.6 Å². The maximum absolute atomic E-state index is 12.6. The van der Waals surface area contributed by atoms with E-state index in [0.29, 0.717) is 78.2 Å². The molecule has 17 nitrogen and oxygen atoms in total. The number of nitro groups is 1. The maximum Gasteiger partial charge on any atom is 0.273 e. The van der Waals surface area contributed by atoms with Gasteiger partial charge >= 0.3 is 0 Å². The molecule has 3 N–H and O–H groups in total. The lowest BCUT2D eigenvalue weighted by molar-refractivity contribution is -0.384. The van der Waals surface area contributed by atoms with E-state index in [9.17, 15) is 25.1 Å². The number of nitro benzene ring substituents is 1. The van der Waals surface area contributed by atoms with Gasteiger partial charge in [-0.15, -0.1) is 5.10 Å². The summed E-state index contributed by atoms with van der Waals surface area (Å²) in [4.78, 5) is 26.8. The van der Waals surface area contributed by atoms with Gasteiger partial charge < -0.3 is 43.8 Å². The van der Waals surface area contributed by atoms with Crippen LogP contribution in [0.5, 0.6) is 0 Å². The average Bonchev–Trinajstić information content (AvgIpc) is 3.74. The van der Waals surface area contributed by atoms with E-state index in [0.717, 1.165) is 6.54 Å². The van der Waals surface area contributed by atoms with Gasteiger partial charge in [-0.1, -0.05) is 5.21 Å². The molecular weight excluding hydrogens is 582 g/mol. The number of hydrogen-bond donors (Lipinski definition) is 3. The van der Waals surface area contributed by atoms with E-state index in [1.807, 2.05) is 10.8 Å². The number of non-ortho nitro benzene ring substituents is 1. The van der Waals surface area contributed by atoms with Gasteiger partial charge in [0.05, 0.1) is 103 Å². The highest BCUT2D eigenvalue weighted by Gasteiger charge is 2.24. The largest absolute Gasteiger partial charge is 0.394 e. The Morgan fingerprint density at radius 1 is 0.909 bits per heavy atom. The smallest absolute Gasteiger partial charge is 0.273 e. The van der Waals surface area contributed by atoms with E-state index >= 15 is 0 Å². The first kappa shape index (κ1) is 34.6. The molecule has 0 aliphatic rings. The molecule has 0 saturated heterocycles. The van der Waals surface area contributed by atoms with Crippen LogP contribution in [-0.4, -0.2) is 124 Å². The van der Waals surface area contributed by atoms with Gasteiger partial charge in [0.2, 0.25) is 0 Å². The van der Waals surface area contributed by atoms with Crippen molar-refractivity contribution in [1.82, 2.24) is 29.9 Å². The number of amides is 1. The van der Waals surface area contributed by atoms with Gasteiger partial charge in [0.1, 0.15) is 6.10 Å². The van der Waals surface area contributed by atoms with E-state index in [1.165, 1.54) is 35.1 Å². The summed E-state index contributed by atoms with van der Waals surface area (Å²) in [7, 11) is 0. The molecule has 0 saturated carbocycles. The van der Waals surface area contributed by atoms with Crippen molar-refractivity contribution in [2.45, 2.75) is 25.2 Å². The van der Waals surface area contributed by atoms with Crippen molar-refractivity contribution in [3.05, 3.63) is 70.6 Å². The summed E-state index contributed by atoms with van der Waals surface area (Å²) in [6.07, 6.45) is 5.48. The van der Waals surface area contributed by atoms with Gasteiger partial charge in [-0.05, 0) is 17.7 Å². The molecule has 1 amide bonds. The van der Waals surface area contributed by atoms with Crippen LogP contribution in [0.25, 0.3) is 0 Å². The highest BCUT2D eigenvalue weighted by molar-refractivity contribution is 5.92. The third kappa shape index (κ3) is 12.8. The number of benzene rings is 1. The van der Waals surface area contributed by atoms with Crippen molar-refractivity contribution in [3.63, 3.8) is 0 Å². The lowest BCUT2D eigenvalue weighted by Crippen LogP contribution is -2.42. The van der Waals surface area contributed by atoms with E-state index in [1.54, 1.807) is 12.5 Å². The summed E-state index contributed by atoms with van der Waals surface area (Å²) in [5.41, 5.74) is 0.147. The van der Waals surface area contributed by atoms with Crippen molar-refractivity contribution < 1.29 is 43.6 Å². The molecule has 2 atom stereocenters. The quantitative estimate of drug-likeness (QED) is 0.0684. The molecule has 17 heteroatoms. The molecular formula is C27H39N7O10. The summed E-state index contributed by atoms with van der Waals surface area (Å²) in [6, 6.07) is 4.11. The first-order chi connectivity index (χ1) is 21.5. The zero-order chi connectivity index (χ0) is 31.4. The van der Waals surface area contributed by atoms with E-state index in [4.69, 9.17) is 23.7 Å². The van der Waals surface area contributed by atoms with Gasteiger partial charge in [-0.25, -0.2) is 9.67 Å². The molecule has 0 bridgehead atoms. The van der Waals surface area contributed by atoms with Gasteiger partial charge in [-0.2, -0.15) is 0 Å². The number of aromatic nitrogens is 5. The topological polar surface area (TPSA) is 207 Å². The van der Waals surface area contributed by atoms with Crippen molar-refractivity contribution in [2.24, 2.45) is 0 Å². The second-order valence-electron chi connectivity index (χ2n) is 9.29. The predicted molar refractivity (Wildman–Crippen MR) is 153 cm³/mol. The van der Waals surface area contributed by atoms with Crippen LogP contribution < -0.4 is 5.32 Å². The maximum atomic E-state index is 12.6. The Morgan fingerprint density at radius 3 is 2.00 bits per heavy atom. The van der Waals surface area contributed by atoms with Crippen LogP contribution in [0.15, 0.2) is 49.2 Å². The van der Waals surface area contributed by atoms with Crippen LogP contribution in [0.4, 0.5) is 5.69 Å². The molecule has 1 aromatic carbocycles. The Morgan fingerprint density at radius 2 is 1.48 bits per heavy atom. The number of imidazole rings is 1. The van der Waals surface area contributed by atoms with Crippen LogP contribution in [0.1, 0.15) is 22.2 Å². The molecule has 3 aromatic rings. The molecule has 2 heterocycles. The normalized spacial score (nSPS) is 12.7. The number of nitrogens with zero attached hydrogens (tertiary/aromatic N) is 6. The zero-order valence-electron chi connectivity index (χ0n) is 24.3. The van der Waals surface area contributed by atoms with Gasteiger partial charge in [0.15, 0.2) is 5.69 Å². The molecule has 0 fully saturated rings. The molecule has 0 aliphatic heterocycles. The highest BCUT2D eigenvalue weighted by atomic mass is 16.6. The van der Waals surface area contributed by atoms with E-state index in [2.05, 4.69) is 20.6 Å². The summed E-state index contributed by atoms with van der Waals surface area (Å²) < 4.78 is 30.7. The van der Waals surface area contributed by atoms with Crippen LogP contribution in [-0.2, 0) is 36.8 Å². The van der Waals surface area contributed by atoms with Crippen LogP contribution in [0.3, 0.4) is 0 Å². The summed E-state index contributed by atoms with van der Waals surface area (Å²) in [6.45, 7) is 5.04. The van der Waals surface area contributed by atoms with E-state index in [-0.39, 0.29) is 11.4 Å². The number of carbonyl (C=O) groups excluding carboxylic acids is 1. The van der Waals surface area contributed by atoms with Gasteiger partial charge in [0, 0.05) is 31.1 Å². The minimum Gasteiger partial charge on any atom is -0.394 e. The number of hydrogen-bond acceptors (Lipinski definition) is 13. The number of aliphatic hydroxyl groups excluding tert-OH is 2. The standard InChI is InChI=1S/C27H39N7O10/c35-20-25(26(36)22-1-3-23(4-2-22)34(38)39)29-27(37)24-19-33(31-30-24)8-10-41-12-14-43-16-18-44-17-15-42-13-11-40-9-7-32-6-5-28-21-32/h1-6,19,21,25-26,35-36H,7-18,20H2,(H,29,37)/t25-,26-/m1/s1. The fourth-order valence-corrected chi connectivity index (χ4v) is 3.73. The predicted octanol–water partition coefficient (Wildman–Crippen LogP) is -0.00970.